The summed E-state index contributed by atoms with van der Waals surface area (Å²) in [6, 6.07) is 0. The highest BCUT2D eigenvalue weighted by Crippen LogP contribution is 2.34. The van der Waals surface area contributed by atoms with Gasteiger partial charge >= 0.3 is 12.1 Å². The van der Waals surface area contributed by atoms with Crippen molar-refractivity contribution in [2.75, 3.05) is 7.11 Å². The summed E-state index contributed by atoms with van der Waals surface area (Å²) < 4.78 is 57.8. The number of nitrogens with one attached hydrogen (secondary N) is 2. The minimum absolute atomic E-state index is 0.751. The monoisotopic (exact) mass is 374 g/mol. The summed E-state index contributed by atoms with van der Waals surface area (Å²) in [7, 11) is -0.944. The van der Waals surface area contributed by atoms with E-state index in [0.29, 0.717) is 0 Å². The first kappa shape index (κ1) is 22.8. The van der Waals surface area contributed by atoms with Gasteiger partial charge in [0.1, 0.15) is 11.1 Å². The Morgan fingerprint density at radius 2 is 1.50 bits per heavy atom. The standard InChI is InChI=1S/C14H25F3N2O4S/c1-11(2,3)24(22)19-13(6,14(15,16)17)8-9(20)18-12(4,5)10(21)23-7/h19H,8H2,1-7H3,(H,18,20)/t13-,24+/m1/s1. The molecule has 0 spiro atoms. The normalized spacial score (nSPS) is 16.9. The molecule has 0 rings (SSSR count). The Morgan fingerprint density at radius 1 is 1.04 bits per heavy atom. The molecule has 0 aliphatic rings. The lowest BCUT2D eigenvalue weighted by atomic mass is 9.96. The number of esters is 1. The van der Waals surface area contributed by atoms with Crippen molar-refractivity contribution in [3.63, 3.8) is 0 Å². The van der Waals surface area contributed by atoms with E-state index in [1.165, 1.54) is 34.6 Å². The zero-order valence-corrected chi connectivity index (χ0v) is 15.7. The van der Waals surface area contributed by atoms with Gasteiger partial charge in [0, 0.05) is 0 Å². The van der Waals surface area contributed by atoms with Crippen molar-refractivity contribution < 1.29 is 31.7 Å². The molecule has 0 aliphatic heterocycles. The van der Waals surface area contributed by atoms with Crippen LogP contribution >= 0.6 is 0 Å². The topological polar surface area (TPSA) is 84.5 Å². The summed E-state index contributed by atoms with van der Waals surface area (Å²) in [5, 5.41) is 2.19. The molecular formula is C14H25F3N2O4S. The molecular weight excluding hydrogens is 349 g/mol. The number of rotatable bonds is 6. The van der Waals surface area contributed by atoms with E-state index in [9.17, 15) is 27.0 Å². The predicted octanol–water partition coefficient (Wildman–Crippen LogP) is 1.82. The predicted molar refractivity (Wildman–Crippen MR) is 84.3 cm³/mol. The highest BCUT2D eigenvalue weighted by molar-refractivity contribution is 7.84. The molecule has 2 atom stereocenters. The summed E-state index contributed by atoms with van der Waals surface area (Å²) in [6.45, 7) is 7.89. The van der Waals surface area contributed by atoms with E-state index >= 15 is 0 Å². The Bertz CT molecular complexity index is 515. The molecule has 0 fully saturated rings. The van der Waals surface area contributed by atoms with Crippen LogP contribution in [0, 0.1) is 0 Å². The van der Waals surface area contributed by atoms with Gasteiger partial charge in [-0.1, -0.05) is 0 Å². The van der Waals surface area contributed by atoms with Crippen LogP contribution in [0.5, 0.6) is 0 Å². The molecule has 0 aromatic rings. The minimum atomic E-state index is -4.83. The molecule has 0 radical (unpaired) electrons. The molecule has 1 amide bonds. The van der Waals surface area contributed by atoms with Crippen molar-refractivity contribution >= 4 is 22.9 Å². The Hall–Kier alpha value is -1.16. The zero-order chi connectivity index (χ0) is 19.6. The Balaban J connectivity index is 5.35. The van der Waals surface area contributed by atoms with E-state index in [-0.39, 0.29) is 0 Å². The summed E-state index contributed by atoms with van der Waals surface area (Å²) in [6.07, 6.45) is -5.88. The van der Waals surface area contributed by atoms with Gasteiger partial charge in [-0.3, -0.25) is 4.79 Å². The molecule has 0 aromatic carbocycles. The Kier molecular flexibility index (Phi) is 7.03. The van der Waals surface area contributed by atoms with Crippen molar-refractivity contribution in [2.45, 2.75) is 70.0 Å². The second kappa shape index (κ2) is 7.38. The maximum atomic E-state index is 13.4. The highest BCUT2D eigenvalue weighted by Gasteiger charge is 2.54. The number of amides is 1. The van der Waals surface area contributed by atoms with E-state index < -0.39 is 51.3 Å². The first-order valence-electron chi connectivity index (χ1n) is 7.12. The smallest absolute Gasteiger partial charge is 0.407 e. The molecule has 142 valence electrons. The van der Waals surface area contributed by atoms with Crippen LogP contribution in [-0.2, 0) is 25.3 Å². The third-order valence-corrected chi connectivity index (χ3v) is 4.91. The molecule has 0 aromatic heterocycles. The third kappa shape index (κ3) is 6.04. The lowest BCUT2D eigenvalue weighted by molar-refractivity contribution is -0.189. The van der Waals surface area contributed by atoms with Gasteiger partial charge in [0.15, 0.2) is 0 Å². The van der Waals surface area contributed by atoms with Gasteiger partial charge in [-0.15, -0.1) is 0 Å². The van der Waals surface area contributed by atoms with Crippen LogP contribution in [0.2, 0.25) is 0 Å². The highest BCUT2D eigenvalue weighted by atomic mass is 32.2. The van der Waals surface area contributed by atoms with E-state index in [1.54, 1.807) is 0 Å². The van der Waals surface area contributed by atoms with Crippen molar-refractivity contribution in [1.29, 1.82) is 0 Å². The van der Waals surface area contributed by atoms with Crippen molar-refractivity contribution in [3.05, 3.63) is 0 Å². The Morgan fingerprint density at radius 3 is 1.83 bits per heavy atom. The lowest BCUT2D eigenvalue weighted by Crippen LogP contribution is -2.60. The third-order valence-electron chi connectivity index (χ3n) is 3.16. The summed E-state index contributed by atoms with van der Waals surface area (Å²) >= 11 is 0. The van der Waals surface area contributed by atoms with Gasteiger partial charge in [-0.25, -0.2) is 13.7 Å². The summed E-state index contributed by atoms with van der Waals surface area (Å²) in [5.41, 5.74) is -4.21. The summed E-state index contributed by atoms with van der Waals surface area (Å²) in [5.74, 6) is -1.82. The van der Waals surface area contributed by atoms with Crippen molar-refractivity contribution in [3.8, 4) is 0 Å². The molecule has 0 heterocycles. The maximum Gasteiger partial charge on any atom is 0.407 e. The van der Waals surface area contributed by atoms with E-state index in [4.69, 9.17) is 0 Å². The van der Waals surface area contributed by atoms with Gasteiger partial charge in [0.2, 0.25) is 5.91 Å². The average molecular weight is 374 g/mol. The van der Waals surface area contributed by atoms with Crippen LogP contribution in [-0.4, -0.2) is 45.2 Å². The van der Waals surface area contributed by atoms with Gasteiger partial charge < -0.3 is 10.1 Å². The average Bonchev–Trinajstić information content (AvgIpc) is 2.33. The number of methoxy groups -OCH3 is 1. The van der Waals surface area contributed by atoms with Crippen LogP contribution in [0.25, 0.3) is 0 Å². The SMILES string of the molecule is COC(=O)C(C)(C)NC(=O)C[C@@](C)(N[S@@](=O)C(C)(C)C)C(F)(F)F. The van der Waals surface area contributed by atoms with Crippen molar-refractivity contribution in [1.82, 2.24) is 10.0 Å². The molecule has 0 aliphatic carbocycles. The molecule has 2 N–H and O–H groups in total. The number of alkyl halides is 3. The second-order valence-corrected chi connectivity index (χ2v) is 9.12. The molecule has 0 unspecified atom stereocenters. The van der Waals surface area contributed by atoms with Gasteiger partial charge in [-0.2, -0.15) is 13.2 Å². The number of hydrogen-bond acceptors (Lipinski definition) is 4. The van der Waals surface area contributed by atoms with Crippen LogP contribution in [0.15, 0.2) is 0 Å². The number of carbonyl (C=O) groups excluding carboxylic acids is 2. The second-order valence-electron chi connectivity index (χ2n) is 7.15. The fraction of sp³-hybridized carbons (Fsp3) is 0.857. The fourth-order valence-corrected chi connectivity index (χ4v) is 2.48. The van der Waals surface area contributed by atoms with Crippen LogP contribution in [0.1, 0.15) is 48.0 Å². The van der Waals surface area contributed by atoms with E-state index in [0.717, 1.165) is 14.0 Å². The van der Waals surface area contributed by atoms with Gasteiger partial charge in [-0.05, 0) is 41.5 Å². The van der Waals surface area contributed by atoms with Crippen LogP contribution < -0.4 is 10.0 Å². The largest absolute Gasteiger partial charge is 0.467 e. The first-order chi connectivity index (χ1) is 10.5. The Labute approximate surface area is 142 Å². The maximum absolute atomic E-state index is 13.4. The lowest BCUT2D eigenvalue weighted by Gasteiger charge is -2.35. The molecule has 24 heavy (non-hydrogen) atoms. The number of halogens is 3. The quantitative estimate of drug-likeness (QED) is 0.695. The molecule has 0 saturated heterocycles. The van der Waals surface area contributed by atoms with Gasteiger partial charge in [0.25, 0.3) is 0 Å². The number of ether oxygens (including phenoxy) is 1. The zero-order valence-electron chi connectivity index (χ0n) is 14.9. The molecule has 0 saturated carbocycles. The van der Waals surface area contributed by atoms with Crippen LogP contribution in [0.3, 0.4) is 0 Å². The molecule has 0 bridgehead atoms. The van der Waals surface area contributed by atoms with Gasteiger partial charge in [0.05, 0.1) is 29.3 Å². The number of hydrogen-bond donors (Lipinski definition) is 2. The first-order valence-corrected chi connectivity index (χ1v) is 8.27. The molecule has 6 nitrogen and oxygen atoms in total. The van der Waals surface area contributed by atoms with Crippen LogP contribution in [0.4, 0.5) is 13.2 Å². The number of carbonyl (C=O) groups is 2. The summed E-state index contributed by atoms with van der Waals surface area (Å²) in [4.78, 5) is 23.5. The van der Waals surface area contributed by atoms with E-state index in [2.05, 4.69) is 10.1 Å². The fourth-order valence-electron chi connectivity index (χ4n) is 1.57. The van der Waals surface area contributed by atoms with Crippen molar-refractivity contribution in [2.24, 2.45) is 0 Å². The minimum Gasteiger partial charge on any atom is -0.467 e. The van der Waals surface area contributed by atoms with E-state index in [1.807, 2.05) is 4.72 Å². The molecule has 10 heteroatoms.